The zero-order valence-electron chi connectivity index (χ0n) is 14.3. The van der Waals surface area contributed by atoms with E-state index >= 15 is 0 Å². The topological polar surface area (TPSA) is 103 Å². The molecule has 0 unspecified atom stereocenters. The predicted octanol–water partition coefficient (Wildman–Crippen LogP) is 0.535. The van der Waals surface area contributed by atoms with E-state index in [9.17, 15) is 14.4 Å². The molecule has 9 heteroatoms. The summed E-state index contributed by atoms with van der Waals surface area (Å²) in [4.78, 5) is 37.4. The van der Waals surface area contributed by atoms with Crippen LogP contribution in [-0.4, -0.2) is 45.5 Å². The van der Waals surface area contributed by atoms with Gasteiger partial charge in [-0.2, -0.15) is 0 Å². The van der Waals surface area contributed by atoms with Crippen LogP contribution in [0.15, 0.2) is 0 Å². The molecule has 4 amide bonds. The van der Waals surface area contributed by atoms with E-state index in [0.29, 0.717) is 18.0 Å². The highest BCUT2D eigenvalue weighted by Crippen LogP contribution is 2.34. The summed E-state index contributed by atoms with van der Waals surface area (Å²) in [6.45, 7) is 5.89. The van der Waals surface area contributed by atoms with Crippen LogP contribution in [0.5, 0.6) is 0 Å². The van der Waals surface area contributed by atoms with Gasteiger partial charge in [-0.05, 0) is 45.8 Å². The molecular weight excluding hydrogens is 330 g/mol. The van der Waals surface area contributed by atoms with E-state index in [4.69, 9.17) is 12.2 Å². The summed E-state index contributed by atoms with van der Waals surface area (Å²) in [6, 6.07) is -0.410. The first-order valence-electron chi connectivity index (χ1n) is 8.14. The molecule has 1 aliphatic carbocycles. The quantitative estimate of drug-likeness (QED) is 0.335. The summed E-state index contributed by atoms with van der Waals surface area (Å²) in [5.41, 5.74) is 4.11. The van der Waals surface area contributed by atoms with Gasteiger partial charge in [0, 0.05) is 18.5 Å². The zero-order chi connectivity index (χ0) is 18.0. The fourth-order valence-corrected chi connectivity index (χ4v) is 3.33. The number of carbonyl (C=O) groups is 3. The summed E-state index contributed by atoms with van der Waals surface area (Å²) in [7, 11) is 0. The lowest BCUT2D eigenvalue weighted by atomic mass is 9.98. The summed E-state index contributed by atoms with van der Waals surface area (Å²) in [6.07, 6.45) is 3.23. The molecule has 0 aromatic heterocycles. The van der Waals surface area contributed by atoms with Crippen LogP contribution < -0.4 is 21.5 Å². The van der Waals surface area contributed by atoms with E-state index in [1.165, 1.54) is 0 Å². The molecule has 0 aromatic rings. The average Bonchev–Trinajstić information content (AvgIpc) is 3.00. The van der Waals surface area contributed by atoms with Gasteiger partial charge in [0.1, 0.15) is 5.54 Å². The Morgan fingerprint density at radius 3 is 2.46 bits per heavy atom. The maximum Gasteiger partial charge on any atom is 0.325 e. The van der Waals surface area contributed by atoms with Crippen molar-refractivity contribution in [2.75, 3.05) is 6.54 Å². The van der Waals surface area contributed by atoms with Crippen molar-refractivity contribution in [1.29, 1.82) is 0 Å². The number of nitrogens with zero attached hydrogens (tertiary/aromatic N) is 1. The Morgan fingerprint density at radius 2 is 1.88 bits per heavy atom. The molecular formula is C15H25N5O3S. The number of amides is 4. The number of hydrogen-bond donors (Lipinski definition) is 4. The molecule has 1 saturated carbocycles. The third-order valence-corrected chi connectivity index (χ3v) is 4.27. The molecule has 1 aliphatic heterocycles. The van der Waals surface area contributed by atoms with E-state index in [-0.39, 0.29) is 30.3 Å². The number of urea groups is 1. The molecule has 2 rings (SSSR count). The minimum absolute atomic E-state index is 0.0143. The van der Waals surface area contributed by atoms with E-state index in [1.807, 2.05) is 20.8 Å². The third kappa shape index (κ3) is 4.34. The lowest BCUT2D eigenvalue weighted by Crippen LogP contribution is -2.52. The molecule has 0 atom stereocenters. The molecule has 134 valence electrons. The summed E-state index contributed by atoms with van der Waals surface area (Å²) in [5, 5.41) is 6.09. The van der Waals surface area contributed by atoms with Crippen LogP contribution in [0.25, 0.3) is 0 Å². The van der Waals surface area contributed by atoms with Crippen molar-refractivity contribution < 1.29 is 14.4 Å². The van der Waals surface area contributed by atoms with Crippen molar-refractivity contribution in [3.8, 4) is 0 Å². The van der Waals surface area contributed by atoms with Gasteiger partial charge in [-0.15, -0.1) is 0 Å². The van der Waals surface area contributed by atoms with Crippen molar-refractivity contribution in [2.45, 2.75) is 64.0 Å². The van der Waals surface area contributed by atoms with Crippen LogP contribution in [0.3, 0.4) is 0 Å². The molecule has 0 bridgehead atoms. The molecule has 2 aliphatic rings. The number of nitrogens with one attached hydrogen (secondary N) is 4. The molecule has 2 fully saturated rings. The fraction of sp³-hybridized carbons (Fsp3) is 0.733. The van der Waals surface area contributed by atoms with Crippen LogP contribution in [-0.2, 0) is 9.59 Å². The lowest BCUT2D eigenvalue weighted by Gasteiger charge is -2.23. The maximum absolute atomic E-state index is 12.4. The highest BCUT2D eigenvalue weighted by molar-refractivity contribution is 7.80. The molecule has 24 heavy (non-hydrogen) atoms. The molecule has 0 aromatic carbocycles. The van der Waals surface area contributed by atoms with Crippen LogP contribution in [0.2, 0.25) is 0 Å². The van der Waals surface area contributed by atoms with E-state index in [1.54, 1.807) is 0 Å². The average molecular weight is 355 g/mol. The normalized spacial score (nSPS) is 19.4. The van der Waals surface area contributed by atoms with E-state index < -0.39 is 11.6 Å². The van der Waals surface area contributed by atoms with Gasteiger partial charge in [0.05, 0.1) is 0 Å². The third-order valence-electron chi connectivity index (χ3n) is 4.07. The molecule has 4 N–H and O–H groups in total. The summed E-state index contributed by atoms with van der Waals surface area (Å²) in [5.74, 6) is -0.559. The van der Waals surface area contributed by atoms with Gasteiger partial charge in [0.2, 0.25) is 5.91 Å². The largest absolute Gasteiger partial charge is 0.357 e. The Morgan fingerprint density at radius 1 is 1.25 bits per heavy atom. The van der Waals surface area contributed by atoms with Crippen molar-refractivity contribution in [3.05, 3.63) is 0 Å². The maximum atomic E-state index is 12.4. The van der Waals surface area contributed by atoms with Gasteiger partial charge in [-0.1, -0.05) is 12.8 Å². The first-order valence-corrected chi connectivity index (χ1v) is 8.55. The van der Waals surface area contributed by atoms with E-state index in [0.717, 1.165) is 17.7 Å². The Bertz CT molecular complexity index is 552. The van der Waals surface area contributed by atoms with Crippen LogP contribution in [0.4, 0.5) is 4.79 Å². The molecule has 1 heterocycles. The Balaban J connectivity index is 1.77. The Labute approximate surface area is 147 Å². The number of rotatable bonds is 3. The van der Waals surface area contributed by atoms with Crippen LogP contribution in [0, 0.1) is 0 Å². The Hall–Kier alpha value is -1.90. The molecule has 1 saturated heterocycles. The standard InChI is InChI=1S/C15H25N5O3S/c1-14(2,3)16-12(24)19-18-10(21)6-9-20-11(22)15(17-13(20)23)7-4-5-8-15/h4-9H2,1-3H3,(H,17,23)(H,18,21)(H2,16,19,24). The molecule has 8 nitrogen and oxygen atoms in total. The van der Waals surface area contributed by atoms with Crippen molar-refractivity contribution in [1.82, 2.24) is 26.4 Å². The Kier molecular flexibility index (Phi) is 5.32. The van der Waals surface area contributed by atoms with Crippen molar-refractivity contribution in [2.24, 2.45) is 0 Å². The van der Waals surface area contributed by atoms with Gasteiger partial charge < -0.3 is 10.6 Å². The SMILES string of the molecule is CC(C)(C)NC(=S)NNC(=O)CCN1C(=O)NC2(CCCC2)C1=O. The van der Waals surface area contributed by atoms with Gasteiger partial charge in [-0.25, -0.2) is 4.79 Å². The second-order valence-electron chi connectivity index (χ2n) is 7.30. The number of hydrogen-bond acceptors (Lipinski definition) is 4. The predicted molar refractivity (Wildman–Crippen MR) is 92.8 cm³/mol. The van der Waals surface area contributed by atoms with Gasteiger partial charge in [0.15, 0.2) is 5.11 Å². The van der Waals surface area contributed by atoms with Crippen LogP contribution in [0.1, 0.15) is 52.9 Å². The van der Waals surface area contributed by atoms with Gasteiger partial charge in [0.25, 0.3) is 5.91 Å². The minimum Gasteiger partial charge on any atom is -0.357 e. The smallest absolute Gasteiger partial charge is 0.325 e. The second-order valence-corrected chi connectivity index (χ2v) is 7.71. The van der Waals surface area contributed by atoms with Crippen LogP contribution >= 0.6 is 12.2 Å². The summed E-state index contributed by atoms with van der Waals surface area (Å²) < 4.78 is 0. The van der Waals surface area contributed by atoms with Crippen molar-refractivity contribution >= 4 is 35.2 Å². The molecule has 0 radical (unpaired) electrons. The minimum atomic E-state index is -0.732. The highest BCUT2D eigenvalue weighted by atomic mass is 32.1. The number of thiocarbonyl (C=S) groups is 1. The summed E-state index contributed by atoms with van der Waals surface area (Å²) >= 11 is 5.05. The first kappa shape index (κ1) is 18.4. The van der Waals surface area contributed by atoms with E-state index in [2.05, 4.69) is 21.5 Å². The zero-order valence-corrected chi connectivity index (χ0v) is 15.1. The second kappa shape index (κ2) is 6.92. The monoisotopic (exact) mass is 355 g/mol. The van der Waals surface area contributed by atoms with Gasteiger partial charge in [-0.3, -0.25) is 25.3 Å². The van der Waals surface area contributed by atoms with Gasteiger partial charge >= 0.3 is 6.03 Å². The lowest BCUT2D eigenvalue weighted by molar-refractivity contribution is -0.131. The fourth-order valence-electron chi connectivity index (χ4n) is 2.97. The van der Waals surface area contributed by atoms with Crippen molar-refractivity contribution in [3.63, 3.8) is 0 Å². The number of imide groups is 1. The number of carbonyl (C=O) groups excluding carboxylic acids is 3. The first-order chi connectivity index (χ1) is 11.1. The number of hydrazine groups is 1. The molecule has 1 spiro atoms. The highest BCUT2D eigenvalue weighted by Gasteiger charge is 2.52.